The number of amides is 1. The van der Waals surface area contributed by atoms with E-state index in [1.54, 1.807) is 25.1 Å². The monoisotopic (exact) mass is 458 g/mol. The summed E-state index contributed by atoms with van der Waals surface area (Å²) in [5, 5.41) is 4.34. The maximum atomic E-state index is 12.7. The first-order valence-electron chi connectivity index (χ1n) is 10.2. The number of carbonyl (C=O) groups is 1. The fraction of sp³-hybridized carbons (Fsp3) is 0.381. The summed E-state index contributed by atoms with van der Waals surface area (Å²) in [5.74, 6) is 1.38. The van der Waals surface area contributed by atoms with Crippen LogP contribution in [0, 0.1) is 6.92 Å². The van der Waals surface area contributed by atoms with Crippen molar-refractivity contribution in [1.29, 1.82) is 0 Å². The van der Waals surface area contributed by atoms with E-state index in [1.807, 2.05) is 13.8 Å². The van der Waals surface area contributed by atoms with Gasteiger partial charge in [-0.2, -0.15) is 15.0 Å². The number of rotatable bonds is 6. The predicted octanol–water partition coefficient (Wildman–Crippen LogP) is 3.59. The maximum absolute atomic E-state index is 12.7. The normalized spacial score (nSPS) is 16.8. The predicted molar refractivity (Wildman–Crippen MR) is 121 cm³/mol. The van der Waals surface area contributed by atoms with Crippen LogP contribution in [0.1, 0.15) is 37.7 Å². The number of aromatic amines is 1. The number of carbonyl (C=O) groups excluding carboxylic acids is 1. The van der Waals surface area contributed by atoms with Crippen molar-refractivity contribution in [3.8, 4) is 5.75 Å². The molecule has 0 aliphatic carbocycles. The average Bonchev–Trinajstić information content (AvgIpc) is 3.13. The zero-order valence-electron chi connectivity index (χ0n) is 18.1. The number of benzene rings is 1. The average molecular weight is 459 g/mol. The van der Waals surface area contributed by atoms with Crippen LogP contribution in [0.4, 0.5) is 16.7 Å². The van der Waals surface area contributed by atoms with Crippen molar-refractivity contribution in [3.05, 3.63) is 45.0 Å². The zero-order chi connectivity index (χ0) is 23.0. The molecular weight excluding hydrogens is 436 g/mol. The Bertz CT molecular complexity index is 1250. The van der Waals surface area contributed by atoms with Gasteiger partial charge in [0, 0.05) is 17.0 Å². The first-order chi connectivity index (χ1) is 15.3. The molecular formula is C21H23ClN6O4. The number of pyridine rings is 1. The van der Waals surface area contributed by atoms with Gasteiger partial charge in [0.15, 0.2) is 0 Å². The van der Waals surface area contributed by atoms with Crippen LogP contribution in [0.25, 0.3) is 10.9 Å². The van der Waals surface area contributed by atoms with E-state index < -0.39 is 12.1 Å². The maximum Gasteiger partial charge on any atom is 0.417 e. The van der Waals surface area contributed by atoms with E-state index in [2.05, 4.69) is 25.3 Å². The van der Waals surface area contributed by atoms with E-state index in [1.165, 1.54) is 12.0 Å². The van der Waals surface area contributed by atoms with Crippen LogP contribution >= 0.6 is 11.6 Å². The first kappa shape index (κ1) is 21.8. The lowest BCUT2D eigenvalue weighted by Crippen LogP contribution is -2.35. The number of H-pyrrole nitrogens is 1. The second kappa shape index (κ2) is 8.62. The molecule has 3 aromatic rings. The second-order valence-corrected chi connectivity index (χ2v) is 7.92. The minimum Gasteiger partial charge on any atom is -0.495 e. The van der Waals surface area contributed by atoms with Gasteiger partial charge >= 0.3 is 6.09 Å². The summed E-state index contributed by atoms with van der Waals surface area (Å²) in [7, 11) is 1.51. The van der Waals surface area contributed by atoms with Gasteiger partial charge in [0.2, 0.25) is 11.9 Å². The number of ether oxygens (including phenoxy) is 2. The quantitative estimate of drug-likeness (QED) is 0.574. The van der Waals surface area contributed by atoms with Crippen molar-refractivity contribution in [2.45, 2.75) is 39.3 Å². The van der Waals surface area contributed by atoms with Crippen LogP contribution < -0.4 is 20.5 Å². The Morgan fingerprint density at radius 1 is 1.31 bits per heavy atom. The number of anilines is 2. The standard InChI is InChI=1S/C21H23ClN6O4/c1-5-13-9-32-21(30)28(13)20-25-11(3)24-19(27-20)23-10(2)14-6-12-7-15(22)17(31-4)8-16(12)26-18(14)29/h6-8,10,13H,5,9H2,1-4H3,(H,26,29)(H,23,24,25,27)/t10-,13-/m0/s1. The minimum absolute atomic E-state index is 0.139. The summed E-state index contributed by atoms with van der Waals surface area (Å²) in [4.78, 5) is 42.2. The van der Waals surface area contributed by atoms with Gasteiger partial charge in [-0.1, -0.05) is 18.5 Å². The van der Waals surface area contributed by atoms with Crippen molar-refractivity contribution >= 4 is 40.5 Å². The van der Waals surface area contributed by atoms with Gasteiger partial charge in [-0.15, -0.1) is 0 Å². The number of cyclic esters (lactones) is 1. The number of nitrogens with one attached hydrogen (secondary N) is 2. The van der Waals surface area contributed by atoms with Crippen LogP contribution in [0.5, 0.6) is 5.75 Å². The molecule has 1 aromatic carbocycles. The highest BCUT2D eigenvalue weighted by Crippen LogP contribution is 2.30. The van der Waals surface area contributed by atoms with Gasteiger partial charge in [-0.3, -0.25) is 4.79 Å². The van der Waals surface area contributed by atoms with E-state index in [0.29, 0.717) is 40.7 Å². The van der Waals surface area contributed by atoms with Gasteiger partial charge in [0.05, 0.1) is 29.7 Å². The van der Waals surface area contributed by atoms with Crippen molar-refractivity contribution in [3.63, 3.8) is 0 Å². The van der Waals surface area contributed by atoms with Crippen LogP contribution in [0.2, 0.25) is 5.02 Å². The fourth-order valence-corrected chi connectivity index (χ4v) is 3.87. The molecule has 0 radical (unpaired) electrons. The number of fused-ring (bicyclic) bond motifs is 1. The zero-order valence-corrected chi connectivity index (χ0v) is 18.9. The van der Waals surface area contributed by atoms with Crippen LogP contribution in [-0.2, 0) is 4.74 Å². The van der Waals surface area contributed by atoms with Gasteiger partial charge in [0.1, 0.15) is 18.2 Å². The van der Waals surface area contributed by atoms with Crippen molar-refractivity contribution in [2.24, 2.45) is 0 Å². The number of nitrogens with zero attached hydrogens (tertiary/aromatic N) is 4. The number of aromatic nitrogens is 4. The molecule has 0 bridgehead atoms. The lowest BCUT2D eigenvalue weighted by Gasteiger charge is -2.20. The molecule has 1 amide bonds. The number of hydrogen-bond acceptors (Lipinski definition) is 8. The summed E-state index contributed by atoms with van der Waals surface area (Å²) in [5.41, 5.74) is 0.830. The summed E-state index contributed by atoms with van der Waals surface area (Å²) in [6, 6.07) is 4.60. The largest absolute Gasteiger partial charge is 0.495 e. The van der Waals surface area contributed by atoms with E-state index in [9.17, 15) is 9.59 Å². The highest BCUT2D eigenvalue weighted by molar-refractivity contribution is 6.32. The molecule has 1 aliphatic heterocycles. The number of aryl methyl sites for hydroxylation is 1. The number of hydrogen-bond donors (Lipinski definition) is 2. The summed E-state index contributed by atoms with van der Waals surface area (Å²) in [6.45, 7) is 5.78. The Hall–Kier alpha value is -3.40. The van der Waals surface area contributed by atoms with E-state index in [4.69, 9.17) is 21.1 Å². The Kier molecular flexibility index (Phi) is 5.88. The molecule has 0 unspecified atom stereocenters. The molecule has 3 heterocycles. The molecule has 1 saturated heterocycles. The molecule has 32 heavy (non-hydrogen) atoms. The molecule has 0 saturated carbocycles. The third-order valence-corrected chi connectivity index (χ3v) is 5.64. The first-order valence-corrected chi connectivity index (χ1v) is 10.5. The molecule has 10 nitrogen and oxygen atoms in total. The Morgan fingerprint density at radius 3 is 2.81 bits per heavy atom. The van der Waals surface area contributed by atoms with E-state index in [0.717, 1.165) is 5.39 Å². The molecule has 2 aromatic heterocycles. The molecule has 1 fully saturated rings. The van der Waals surface area contributed by atoms with Crippen LogP contribution in [-0.4, -0.2) is 45.8 Å². The Morgan fingerprint density at radius 2 is 2.09 bits per heavy atom. The van der Waals surface area contributed by atoms with Crippen molar-refractivity contribution < 1.29 is 14.3 Å². The van der Waals surface area contributed by atoms with Crippen LogP contribution in [0.15, 0.2) is 23.0 Å². The van der Waals surface area contributed by atoms with Gasteiger partial charge < -0.3 is 19.8 Å². The molecule has 168 valence electrons. The van der Waals surface area contributed by atoms with E-state index in [-0.39, 0.29) is 23.5 Å². The lowest BCUT2D eigenvalue weighted by molar-refractivity contribution is 0.178. The van der Waals surface area contributed by atoms with Crippen molar-refractivity contribution in [2.75, 3.05) is 23.9 Å². The van der Waals surface area contributed by atoms with Gasteiger partial charge in [-0.05, 0) is 32.4 Å². The summed E-state index contributed by atoms with van der Waals surface area (Å²) >= 11 is 6.24. The molecule has 2 atom stereocenters. The molecule has 11 heteroatoms. The SMILES string of the molecule is CC[C@H]1COC(=O)N1c1nc(C)nc(N[C@@H](C)c2cc3cc(Cl)c(OC)cc3[nH]c2=O)n1. The molecule has 0 spiro atoms. The van der Waals surface area contributed by atoms with Crippen molar-refractivity contribution in [1.82, 2.24) is 19.9 Å². The topological polar surface area (TPSA) is 122 Å². The fourth-order valence-electron chi connectivity index (χ4n) is 3.62. The Balaban J connectivity index is 1.65. The highest BCUT2D eigenvalue weighted by Gasteiger charge is 2.35. The second-order valence-electron chi connectivity index (χ2n) is 7.51. The van der Waals surface area contributed by atoms with E-state index >= 15 is 0 Å². The molecule has 2 N–H and O–H groups in total. The van der Waals surface area contributed by atoms with Gasteiger partial charge in [-0.25, -0.2) is 9.69 Å². The number of halogens is 1. The molecule has 1 aliphatic rings. The third kappa shape index (κ3) is 4.05. The van der Waals surface area contributed by atoms with Gasteiger partial charge in [0.25, 0.3) is 5.56 Å². The third-order valence-electron chi connectivity index (χ3n) is 5.34. The highest BCUT2D eigenvalue weighted by atomic mass is 35.5. The molecule has 4 rings (SSSR count). The minimum atomic E-state index is -0.486. The Labute approximate surface area is 188 Å². The van der Waals surface area contributed by atoms with Crippen LogP contribution in [0.3, 0.4) is 0 Å². The lowest BCUT2D eigenvalue weighted by atomic mass is 10.1. The smallest absolute Gasteiger partial charge is 0.417 e. The number of methoxy groups -OCH3 is 1. The summed E-state index contributed by atoms with van der Waals surface area (Å²) < 4.78 is 10.3. The summed E-state index contributed by atoms with van der Waals surface area (Å²) in [6.07, 6.45) is 0.217.